The van der Waals surface area contributed by atoms with Gasteiger partial charge >= 0.3 is 5.97 Å². The van der Waals surface area contributed by atoms with Gasteiger partial charge in [0.05, 0.1) is 22.8 Å². The fourth-order valence-electron chi connectivity index (χ4n) is 2.80. The summed E-state index contributed by atoms with van der Waals surface area (Å²) in [5.74, 6) is -1.72. The number of aryl methyl sites for hydroxylation is 1. The topological polar surface area (TPSA) is 73.2 Å². The van der Waals surface area contributed by atoms with Crippen molar-refractivity contribution < 1.29 is 18.7 Å². The molecule has 0 bridgehead atoms. The number of amides is 1. The number of halogens is 2. The van der Waals surface area contributed by atoms with Crippen molar-refractivity contribution in [2.24, 2.45) is 0 Å². The largest absolute Gasteiger partial charge is 0.452 e. The summed E-state index contributed by atoms with van der Waals surface area (Å²) in [6.07, 6.45) is 2.36. The number of carbonyl (C=O) groups is 2. The molecule has 0 radical (unpaired) electrons. The highest BCUT2D eigenvalue weighted by molar-refractivity contribution is 9.10. The van der Waals surface area contributed by atoms with Gasteiger partial charge in [0.25, 0.3) is 5.91 Å². The van der Waals surface area contributed by atoms with Crippen LogP contribution in [0.4, 0.5) is 10.1 Å². The molecule has 6 nitrogen and oxygen atoms in total. The van der Waals surface area contributed by atoms with Crippen molar-refractivity contribution in [2.45, 2.75) is 13.8 Å². The minimum atomic E-state index is -0.752. The van der Waals surface area contributed by atoms with Crippen LogP contribution in [0.1, 0.15) is 17.0 Å². The van der Waals surface area contributed by atoms with Gasteiger partial charge in [-0.3, -0.25) is 4.79 Å². The lowest BCUT2D eigenvalue weighted by Crippen LogP contribution is -2.20. The molecule has 0 saturated carbocycles. The molecule has 0 saturated heterocycles. The normalized spacial score (nSPS) is 10.9. The molecule has 154 valence electrons. The average Bonchev–Trinajstić information content (AvgIpc) is 3.01. The fourth-order valence-corrected chi connectivity index (χ4v) is 3.18. The minimum Gasteiger partial charge on any atom is -0.452 e. The van der Waals surface area contributed by atoms with Crippen LogP contribution in [0, 0.1) is 19.7 Å². The fraction of sp³-hybridized carbons (Fsp3) is 0.136. The van der Waals surface area contributed by atoms with Gasteiger partial charge in [-0.2, -0.15) is 5.10 Å². The van der Waals surface area contributed by atoms with Crippen molar-refractivity contribution >= 4 is 39.6 Å². The number of aromatic nitrogens is 2. The van der Waals surface area contributed by atoms with Gasteiger partial charge in [0.1, 0.15) is 5.82 Å². The average molecular weight is 472 g/mol. The van der Waals surface area contributed by atoms with E-state index in [0.29, 0.717) is 15.9 Å². The third-order valence-corrected chi connectivity index (χ3v) is 4.75. The lowest BCUT2D eigenvalue weighted by atomic mass is 10.2. The van der Waals surface area contributed by atoms with Gasteiger partial charge in [0.15, 0.2) is 6.61 Å². The van der Waals surface area contributed by atoms with Crippen molar-refractivity contribution in [3.63, 3.8) is 0 Å². The first-order chi connectivity index (χ1) is 14.3. The standard InChI is InChI=1S/C22H19BrFN3O3/c1-14-22(15(2)27(26-14)18-6-4-3-5-7-18)25-20(28)13-30-21(29)11-8-16-12-17(23)9-10-19(16)24/h3-12H,13H2,1-2H3,(H,25,28). The molecule has 2 aromatic carbocycles. The van der Waals surface area contributed by atoms with Crippen LogP contribution < -0.4 is 5.32 Å². The van der Waals surface area contributed by atoms with Gasteiger partial charge < -0.3 is 10.1 Å². The Bertz CT molecular complexity index is 1110. The summed E-state index contributed by atoms with van der Waals surface area (Å²) in [7, 11) is 0. The van der Waals surface area contributed by atoms with Crippen LogP contribution in [0.15, 0.2) is 59.1 Å². The molecular weight excluding hydrogens is 453 g/mol. The predicted molar refractivity (Wildman–Crippen MR) is 116 cm³/mol. The molecule has 1 aromatic heterocycles. The smallest absolute Gasteiger partial charge is 0.331 e. The van der Waals surface area contributed by atoms with Gasteiger partial charge in [-0.15, -0.1) is 0 Å². The predicted octanol–water partition coefficient (Wildman–Crippen LogP) is 4.59. The number of hydrogen-bond acceptors (Lipinski definition) is 4. The van der Waals surface area contributed by atoms with Crippen LogP contribution in [0.5, 0.6) is 0 Å². The minimum absolute atomic E-state index is 0.227. The number of esters is 1. The summed E-state index contributed by atoms with van der Waals surface area (Å²) in [5, 5.41) is 7.18. The van der Waals surface area contributed by atoms with Gasteiger partial charge in [-0.05, 0) is 50.3 Å². The Labute approximate surface area is 181 Å². The highest BCUT2D eigenvalue weighted by Gasteiger charge is 2.16. The van der Waals surface area contributed by atoms with E-state index in [0.717, 1.165) is 17.5 Å². The van der Waals surface area contributed by atoms with Crippen LogP contribution in [-0.2, 0) is 14.3 Å². The highest BCUT2D eigenvalue weighted by atomic mass is 79.9. The quantitative estimate of drug-likeness (QED) is 0.421. The number of para-hydroxylation sites is 1. The maximum atomic E-state index is 13.7. The zero-order valence-corrected chi connectivity index (χ0v) is 17.9. The molecule has 8 heteroatoms. The first kappa shape index (κ1) is 21.4. The Balaban J connectivity index is 1.60. The van der Waals surface area contributed by atoms with Gasteiger partial charge in [0, 0.05) is 16.1 Å². The molecule has 1 N–H and O–H groups in total. The molecule has 30 heavy (non-hydrogen) atoms. The lowest BCUT2D eigenvalue weighted by molar-refractivity contribution is -0.142. The molecule has 1 amide bonds. The second-order valence-electron chi connectivity index (χ2n) is 6.45. The third-order valence-electron chi connectivity index (χ3n) is 4.26. The second-order valence-corrected chi connectivity index (χ2v) is 7.36. The van der Waals surface area contributed by atoms with Gasteiger partial charge in [0.2, 0.25) is 0 Å². The Morgan fingerprint density at radius 1 is 1.20 bits per heavy atom. The Kier molecular flexibility index (Phi) is 6.79. The molecule has 0 atom stereocenters. The molecule has 0 aliphatic rings. The second kappa shape index (κ2) is 9.49. The van der Waals surface area contributed by atoms with Crippen LogP contribution in [0.3, 0.4) is 0 Å². The van der Waals surface area contributed by atoms with E-state index in [9.17, 15) is 14.0 Å². The third kappa shape index (κ3) is 5.21. The van der Waals surface area contributed by atoms with Crippen LogP contribution in [0.2, 0.25) is 0 Å². The Morgan fingerprint density at radius 3 is 2.67 bits per heavy atom. The molecule has 1 heterocycles. The summed E-state index contributed by atoms with van der Waals surface area (Å²) in [6, 6.07) is 13.9. The van der Waals surface area contributed by atoms with Crippen molar-refractivity contribution in [3.8, 4) is 5.69 Å². The van der Waals surface area contributed by atoms with Crippen molar-refractivity contribution in [1.82, 2.24) is 9.78 Å². The molecular formula is C22H19BrFN3O3. The van der Waals surface area contributed by atoms with E-state index in [2.05, 4.69) is 26.3 Å². The maximum absolute atomic E-state index is 13.7. The molecule has 0 fully saturated rings. The molecule has 0 unspecified atom stereocenters. The molecule has 3 aromatic rings. The Morgan fingerprint density at radius 2 is 1.93 bits per heavy atom. The molecule has 0 aliphatic heterocycles. The van der Waals surface area contributed by atoms with Crippen LogP contribution >= 0.6 is 15.9 Å². The monoisotopic (exact) mass is 471 g/mol. The summed E-state index contributed by atoms with van der Waals surface area (Å²) in [5.41, 5.74) is 3.05. The zero-order valence-electron chi connectivity index (χ0n) is 16.4. The van der Waals surface area contributed by atoms with Crippen molar-refractivity contribution in [2.75, 3.05) is 11.9 Å². The molecule has 0 spiro atoms. The first-order valence-corrected chi connectivity index (χ1v) is 9.86. The number of anilines is 1. The van der Waals surface area contributed by atoms with Crippen LogP contribution in [0.25, 0.3) is 11.8 Å². The highest BCUT2D eigenvalue weighted by Crippen LogP contribution is 2.22. The van der Waals surface area contributed by atoms with E-state index in [1.54, 1.807) is 17.7 Å². The van der Waals surface area contributed by atoms with Crippen LogP contribution in [-0.4, -0.2) is 28.3 Å². The maximum Gasteiger partial charge on any atom is 0.331 e. The lowest BCUT2D eigenvalue weighted by Gasteiger charge is -2.07. The number of nitrogens with zero attached hydrogens (tertiary/aromatic N) is 2. The van der Waals surface area contributed by atoms with Gasteiger partial charge in [-0.1, -0.05) is 34.1 Å². The van der Waals surface area contributed by atoms with E-state index < -0.39 is 24.3 Å². The Hall–Kier alpha value is -3.26. The van der Waals surface area contributed by atoms with E-state index in [-0.39, 0.29) is 5.56 Å². The number of hydrogen-bond donors (Lipinski definition) is 1. The molecule has 3 rings (SSSR count). The number of carbonyl (C=O) groups excluding carboxylic acids is 2. The summed E-state index contributed by atoms with van der Waals surface area (Å²) in [4.78, 5) is 24.1. The van der Waals surface area contributed by atoms with E-state index in [4.69, 9.17) is 4.74 Å². The number of nitrogens with one attached hydrogen (secondary N) is 1. The zero-order chi connectivity index (χ0) is 21.7. The first-order valence-electron chi connectivity index (χ1n) is 9.06. The number of benzene rings is 2. The summed E-state index contributed by atoms with van der Waals surface area (Å²) in [6.45, 7) is 3.15. The summed E-state index contributed by atoms with van der Waals surface area (Å²) >= 11 is 3.24. The SMILES string of the molecule is Cc1nn(-c2ccccc2)c(C)c1NC(=O)COC(=O)C=Cc1cc(Br)ccc1F. The van der Waals surface area contributed by atoms with E-state index in [1.165, 1.54) is 18.2 Å². The number of ether oxygens (including phenoxy) is 1. The number of rotatable bonds is 6. The molecule has 0 aliphatic carbocycles. The van der Waals surface area contributed by atoms with Crippen molar-refractivity contribution in [3.05, 3.63) is 81.8 Å². The van der Waals surface area contributed by atoms with Gasteiger partial charge in [-0.25, -0.2) is 13.9 Å². The summed E-state index contributed by atoms with van der Waals surface area (Å²) < 4.78 is 21.0. The van der Waals surface area contributed by atoms with Crippen molar-refractivity contribution in [1.29, 1.82) is 0 Å². The van der Waals surface area contributed by atoms with E-state index >= 15 is 0 Å². The van der Waals surface area contributed by atoms with E-state index in [1.807, 2.05) is 37.3 Å².